The van der Waals surface area contributed by atoms with E-state index in [4.69, 9.17) is 16.3 Å². The Morgan fingerprint density at radius 2 is 1.75 bits per heavy atom. The van der Waals surface area contributed by atoms with Crippen LogP contribution in [0.1, 0.15) is 24.3 Å². The van der Waals surface area contributed by atoms with Gasteiger partial charge < -0.3 is 4.74 Å². The first-order valence-corrected chi connectivity index (χ1v) is 7.01. The van der Waals surface area contributed by atoms with E-state index in [2.05, 4.69) is 6.07 Å². The van der Waals surface area contributed by atoms with E-state index in [-0.39, 0.29) is 5.92 Å². The number of hydrogen-bond acceptors (Lipinski definition) is 2. The van der Waals surface area contributed by atoms with Gasteiger partial charge in [-0.2, -0.15) is 5.26 Å². The second-order valence-corrected chi connectivity index (χ2v) is 4.91. The molecule has 0 aliphatic rings. The van der Waals surface area contributed by atoms with E-state index in [1.54, 1.807) is 0 Å². The van der Waals surface area contributed by atoms with E-state index in [9.17, 15) is 5.26 Å². The highest BCUT2D eigenvalue weighted by Gasteiger charge is 2.13. The highest BCUT2D eigenvalue weighted by Crippen LogP contribution is 2.27. The molecule has 0 N–H and O–H groups in total. The molecule has 2 aromatic carbocycles. The zero-order valence-electron chi connectivity index (χ0n) is 11.1. The zero-order valence-corrected chi connectivity index (χ0v) is 11.9. The number of benzene rings is 2. The quantitative estimate of drug-likeness (QED) is 0.714. The second kappa shape index (κ2) is 7.57. The molecule has 1 atom stereocenters. The smallest absolute Gasteiger partial charge is 0.119 e. The summed E-state index contributed by atoms with van der Waals surface area (Å²) in [6.45, 7) is 0.604. The van der Waals surface area contributed by atoms with Crippen molar-refractivity contribution in [2.75, 3.05) is 6.61 Å². The number of nitrogens with zero attached hydrogens (tertiary/aromatic N) is 1. The van der Waals surface area contributed by atoms with Gasteiger partial charge in [-0.1, -0.05) is 48.0 Å². The van der Waals surface area contributed by atoms with Crippen molar-refractivity contribution >= 4 is 11.6 Å². The van der Waals surface area contributed by atoms with E-state index in [1.807, 2.05) is 54.6 Å². The molecule has 0 spiro atoms. The van der Waals surface area contributed by atoms with Crippen LogP contribution in [0, 0.1) is 11.3 Å². The lowest BCUT2D eigenvalue weighted by Gasteiger charge is -2.11. The van der Waals surface area contributed by atoms with Crippen molar-refractivity contribution in [2.24, 2.45) is 0 Å². The Hall–Kier alpha value is -1.98. The molecule has 0 aliphatic carbocycles. The summed E-state index contributed by atoms with van der Waals surface area (Å²) >= 11 is 6.12. The molecule has 0 aliphatic heterocycles. The molecule has 20 heavy (non-hydrogen) atoms. The molecular weight excluding hydrogens is 270 g/mol. The maximum atomic E-state index is 9.27. The third kappa shape index (κ3) is 4.01. The Morgan fingerprint density at radius 1 is 1.05 bits per heavy atom. The van der Waals surface area contributed by atoms with Gasteiger partial charge in [0.1, 0.15) is 5.75 Å². The fourth-order valence-electron chi connectivity index (χ4n) is 2.04. The molecule has 0 heterocycles. The molecule has 0 aromatic heterocycles. The van der Waals surface area contributed by atoms with E-state index in [1.165, 1.54) is 0 Å². The molecule has 2 aromatic rings. The maximum Gasteiger partial charge on any atom is 0.119 e. The van der Waals surface area contributed by atoms with Gasteiger partial charge in [-0.05, 0) is 36.6 Å². The molecule has 0 bridgehead atoms. The summed E-state index contributed by atoms with van der Waals surface area (Å²) in [7, 11) is 0. The van der Waals surface area contributed by atoms with Gasteiger partial charge in [0.2, 0.25) is 0 Å². The number of ether oxygens (including phenoxy) is 1. The maximum absolute atomic E-state index is 9.27. The fourth-order valence-corrected chi connectivity index (χ4v) is 2.31. The van der Waals surface area contributed by atoms with Crippen molar-refractivity contribution in [1.82, 2.24) is 0 Å². The first-order chi connectivity index (χ1) is 9.81. The lowest BCUT2D eigenvalue weighted by Crippen LogP contribution is -2.02. The average molecular weight is 286 g/mol. The lowest BCUT2D eigenvalue weighted by molar-refractivity contribution is 0.305. The van der Waals surface area contributed by atoms with Crippen LogP contribution in [0.15, 0.2) is 54.6 Å². The van der Waals surface area contributed by atoms with Gasteiger partial charge in [0.15, 0.2) is 0 Å². The fraction of sp³-hybridized carbons (Fsp3) is 0.235. The molecule has 0 amide bonds. The van der Waals surface area contributed by atoms with Crippen LogP contribution in [0.5, 0.6) is 5.75 Å². The van der Waals surface area contributed by atoms with Gasteiger partial charge in [-0.15, -0.1) is 0 Å². The second-order valence-electron chi connectivity index (χ2n) is 4.51. The van der Waals surface area contributed by atoms with Crippen LogP contribution >= 0.6 is 11.6 Å². The van der Waals surface area contributed by atoms with Crippen molar-refractivity contribution in [3.8, 4) is 11.8 Å². The monoisotopic (exact) mass is 285 g/mol. The molecule has 3 heteroatoms. The Morgan fingerprint density at radius 3 is 2.45 bits per heavy atom. The average Bonchev–Trinajstić information content (AvgIpc) is 2.50. The molecule has 0 saturated carbocycles. The van der Waals surface area contributed by atoms with E-state index in [0.717, 1.165) is 24.2 Å². The topological polar surface area (TPSA) is 33.0 Å². The summed E-state index contributed by atoms with van der Waals surface area (Å²) < 4.78 is 5.62. The number of nitriles is 1. The van der Waals surface area contributed by atoms with Crippen LogP contribution < -0.4 is 4.74 Å². The largest absolute Gasteiger partial charge is 0.494 e. The summed E-state index contributed by atoms with van der Waals surface area (Å²) in [4.78, 5) is 0. The van der Waals surface area contributed by atoms with Gasteiger partial charge in [0.25, 0.3) is 0 Å². The zero-order chi connectivity index (χ0) is 14.2. The predicted molar refractivity (Wildman–Crippen MR) is 81.0 cm³/mol. The highest BCUT2D eigenvalue weighted by molar-refractivity contribution is 6.31. The SMILES string of the molecule is N#CC(CCCOc1ccccc1)c1ccccc1Cl. The molecule has 2 rings (SSSR count). The Kier molecular flexibility index (Phi) is 5.46. The Bertz CT molecular complexity index is 577. The molecular formula is C17H16ClNO. The predicted octanol–water partition coefficient (Wildman–Crippen LogP) is 4.81. The Labute approximate surface area is 124 Å². The van der Waals surface area contributed by atoms with Crippen molar-refractivity contribution in [1.29, 1.82) is 5.26 Å². The summed E-state index contributed by atoms with van der Waals surface area (Å²) in [6, 6.07) is 19.5. The minimum atomic E-state index is -0.178. The van der Waals surface area contributed by atoms with Gasteiger partial charge in [0, 0.05) is 5.02 Å². The van der Waals surface area contributed by atoms with Crippen LogP contribution in [0.25, 0.3) is 0 Å². The first kappa shape index (κ1) is 14.4. The minimum Gasteiger partial charge on any atom is -0.494 e. The van der Waals surface area contributed by atoms with E-state index >= 15 is 0 Å². The normalized spacial score (nSPS) is 11.6. The molecule has 0 radical (unpaired) electrons. The van der Waals surface area contributed by atoms with Crippen LogP contribution in [0.2, 0.25) is 5.02 Å². The molecule has 102 valence electrons. The Balaban J connectivity index is 1.83. The standard InChI is InChI=1S/C17H16ClNO/c18-17-11-5-4-10-16(17)14(13-19)7-6-12-20-15-8-2-1-3-9-15/h1-5,8-11,14H,6-7,12H2. The van der Waals surface area contributed by atoms with Crippen LogP contribution in [0.3, 0.4) is 0 Å². The van der Waals surface area contributed by atoms with E-state index < -0.39 is 0 Å². The summed E-state index contributed by atoms with van der Waals surface area (Å²) in [6.07, 6.45) is 1.56. The molecule has 0 fully saturated rings. The van der Waals surface area contributed by atoms with Crippen molar-refractivity contribution in [3.05, 3.63) is 65.2 Å². The highest BCUT2D eigenvalue weighted by atomic mass is 35.5. The van der Waals surface area contributed by atoms with Crippen molar-refractivity contribution in [2.45, 2.75) is 18.8 Å². The lowest BCUT2D eigenvalue weighted by atomic mass is 9.96. The third-order valence-electron chi connectivity index (χ3n) is 3.09. The summed E-state index contributed by atoms with van der Waals surface area (Å²) in [5.74, 6) is 0.682. The van der Waals surface area contributed by atoms with Crippen LogP contribution in [-0.2, 0) is 0 Å². The number of para-hydroxylation sites is 1. The number of halogens is 1. The number of hydrogen-bond donors (Lipinski definition) is 0. The first-order valence-electron chi connectivity index (χ1n) is 6.63. The van der Waals surface area contributed by atoms with Crippen molar-refractivity contribution < 1.29 is 4.74 Å². The third-order valence-corrected chi connectivity index (χ3v) is 3.43. The van der Waals surface area contributed by atoms with Gasteiger partial charge in [0.05, 0.1) is 18.6 Å². The van der Waals surface area contributed by atoms with Gasteiger partial charge in [-0.25, -0.2) is 0 Å². The summed E-state index contributed by atoms with van der Waals surface area (Å²) in [5, 5.41) is 9.93. The molecule has 2 nitrogen and oxygen atoms in total. The molecule has 1 unspecified atom stereocenters. The van der Waals surface area contributed by atoms with Gasteiger partial charge >= 0.3 is 0 Å². The van der Waals surface area contributed by atoms with Gasteiger partial charge in [-0.3, -0.25) is 0 Å². The van der Waals surface area contributed by atoms with Crippen molar-refractivity contribution in [3.63, 3.8) is 0 Å². The van der Waals surface area contributed by atoms with Crippen LogP contribution in [0.4, 0.5) is 0 Å². The summed E-state index contributed by atoms with van der Waals surface area (Å²) in [5.41, 5.74) is 0.899. The van der Waals surface area contributed by atoms with E-state index in [0.29, 0.717) is 11.6 Å². The van der Waals surface area contributed by atoms with Crippen LogP contribution in [-0.4, -0.2) is 6.61 Å². The minimum absolute atomic E-state index is 0.178. The molecule has 0 saturated heterocycles. The number of rotatable bonds is 6.